The van der Waals surface area contributed by atoms with Crippen molar-refractivity contribution in [1.29, 1.82) is 0 Å². The first-order valence-electron chi connectivity index (χ1n) is 5.55. The predicted octanol–water partition coefficient (Wildman–Crippen LogP) is 2.73. The zero-order valence-electron chi connectivity index (χ0n) is 10.4. The molecule has 2 heterocycles. The van der Waals surface area contributed by atoms with E-state index >= 15 is 0 Å². The van der Waals surface area contributed by atoms with Gasteiger partial charge in [-0.05, 0) is 18.5 Å². The van der Waals surface area contributed by atoms with Gasteiger partial charge in [0, 0.05) is 19.2 Å². The zero-order chi connectivity index (χ0) is 13.0. The monoisotopic (exact) mass is 302 g/mol. The molecule has 2 rings (SSSR count). The standard InChI is InChI=1S/C12H14N2O3S.ClH/c1-14(5-4-12(15)16)8-9-7-10(17-13-9)11-3-2-6-18-11;/h2-3,6-7H,4-5,8H2,1H3,(H,15,16);1H. The molecule has 0 bridgehead atoms. The molecule has 0 saturated heterocycles. The highest BCUT2D eigenvalue weighted by Gasteiger charge is 2.10. The molecule has 0 aliphatic carbocycles. The van der Waals surface area contributed by atoms with Gasteiger partial charge < -0.3 is 9.63 Å². The fourth-order valence-electron chi connectivity index (χ4n) is 1.56. The molecule has 0 amide bonds. The Kier molecular flexibility index (Phi) is 6.01. The van der Waals surface area contributed by atoms with E-state index in [1.165, 1.54) is 0 Å². The number of hydrogen-bond acceptors (Lipinski definition) is 5. The first-order chi connectivity index (χ1) is 8.65. The number of carboxylic acids is 1. The minimum atomic E-state index is -0.790. The largest absolute Gasteiger partial charge is 0.481 e. The minimum absolute atomic E-state index is 0. The van der Waals surface area contributed by atoms with Crippen LogP contribution in [0.25, 0.3) is 10.6 Å². The summed E-state index contributed by atoms with van der Waals surface area (Å²) in [4.78, 5) is 13.4. The third kappa shape index (κ3) is 4.66. The van der Waals surface area contributed by atoms with Crippen LogP contribution < -0.4 is 0 Å². The molecule has 0 unspecified atom stereocenters. The number of thiophene rings is 1. The van der Waals surface area contributed by atoms with Crippen LogP contribution in [0.2, 0.25) is 0 Å². The molecule has 5 nitrogen and oxygen atoms in total. The summed E-state index contributed by atoms with van der Waals surface area (Å²) in [5.41, 5.74) is 0.811. The van der Waals surface area contributed by atoms with E-state index in [9.17, 15) is 4.79 Å². The summed E-state index contributed by atoms with van der Waals surface area (Å²) in [6, 6.07) is 5.83. The van der Waals surface area contributed by atoms with E-state index in [0.717, 1.165) is 16.3 Å². The van der Waals surface area contributed by atoms with Crippen LogP contribution in [-0.4, -0.2) is 34.7 Å². The van der Waals surface area contributed by atoms with Crippen LogP contribution in [0.15, 0.2) is 28.1 Å². The van der Waals surface area contributed by atoms with E-state index in [4.69, 9.17) is 9.63 Å². The highest BCUT2D eigenvalue weighted by atomic mass is 35.5. The van der Waals surface area contributed by atoms with Crippen LogP contribution in [0.5, 0.6) is 0 Å². The van der Waals surface area contributed by atoms with Gasteiger partial charge in [-0.15, -0.1) is 23.7 Å². The molecule has 7 heteroatoms. The van der Waals surface area contributed by atoms with E-state index in [0.29, 0.717) is 13.1 Å². The van der Waals surface area contributed by atoms with Crippen LogP contribution in [0.1, 0.15) is 12.1 Å². The summed E-state index contributed by atoms with van der Waals surface area (Å²) < 4.78 is 5.25. The van der Waals surface area contributed by atoms with Gasteiger partial charge in [0.2, 0.25) is 0 Å². The lowest BCUT2D eigenvalue weighted by atomic mass is 10.3. The second kappa shape index (κ2) is 7.28. The number of halogens is 1. The normalized spacial score (nSPS) is 10.4. The molecular formula is C12H15ClN2O3S. The fraction of sp³-hybridized carbons (Fsp3) is 0.333. The number of carbonyl (C=O) groups is 1. The van der Waals surface area contributed by atoms with Gasteiger partial charge in [-0.1, -0.05) is 11.2 Å². The summed E-state index contributed by atoms with van der Waals surface area (Å²) in [5, 5.41) is 14.6. The van der Waals surface area contributed by atoms with Crippen LogP contribution in [0.3, 0.4) is 0 Å². The summed E-state index contributed by atoms with van der Waals surface area (Å²) in [7, 11) is 1.86. The number of carboxylic acid groups (broad SMARTS) is 1. The minimum Gasteiger partial charge on any atom is -0.481 e. The third-order valence-electron chi connectivity index (χ3n) is 2.46. The topological polar surface area (TPSA) is 66.6 Å². The molecule has 0 radical (unpaired) electrons. The van der Waals surface area contributed by atoms with E-state index in [-0.39, 0.29) is 18.8 Å². The number of hydrogen-bond donors (Lipinski definition) is 1. The Hall–Kier alpha value is -1.37. The first kappa shape index (κ1) is 15.7. The van der Waals surface area contributed by atoms with Crippen molar-refractivity contribution in [1.82, 2.24) is 10.1 Å². The Bertz CT molecular complexity index is 513. The maximum Gasteiger partial charge on any atom is 0.304 e. The second-order valence-corrected chi connectivity index (χ2v) is 4.99. The van der Waals surface area contributed by atoms with Gasteiger partial charge in [0.05, 0.1) is 17.0 Å². The van der Waals surface area contributed by atoms with Crippen molar-refractivity contribution in [3.8, 4) is 10.6 Å². The highest BCUT2D eigenvalue weighted by molar-refractivity contribution is 7.13. The lowest BCUT2D eigenvalue weighted by molar-refractivity contribution is -0.137. The van der Waals surface area contributed by atoms with Crippen molar-refractivity contribution in [2.75, 3.05) is 13.6 Å². The maximum absolute atomic E-state index is 10.5. The van der Waals surface area contributed by atoms with Crippen LogP contribution >= 0.6 is 23.7 Å². The van der Waals surface area contributed by atoms with Gasteiger partial charge in [-0.3, -0.25) is 9.69 Å². The van der Waals surface area contributed by atoms with Gasteiger partial charge in [-0.2, -0.15) is 0 Å². The predicted molar refractivity (Wildman–Crippen MR) is 75.7 cm³/mol. The number of rotatable bonds is 6. The van der Waals surface area contributed by atoms with Gasteiger partial charge in [0.15, 0.2) is 5.76 Å². The average molecular weight is 303 g/mol. The summed E-state index contributed by atoms with van der Waals surface area (Å²) in [5.74, 6) is -0.0343. The van der Waals surface area contributed by atoms with Crippen molar-refractivity contribution in [3.63, 3.8) is 0 Å². The highest BCUT2D eigenvalue weighted by Crippen LogP contribution is 2.25. The van der Waals surface area contributed by atoms with E-state index in [2.05, 4.69) is 5.16 Å². The van der Waals surface area contributed by atoms with Gasteiger partial charge in [-0.25, -0.2) is 0 Å². The molecular weight excluding hydrogens is 288 g/mol. The molecule has 2 aromatic heterocycles. The molecule has 2 aromatic rings. The maximum atomic E-state index is 10.5. The molecule has 0 saturated carbocycles. The number of aromatic nitrogens is 1. The quantitative estimate of drug-likeness (QED) is 0.888. The second-order valence-electron chi connectivity index (χ2n) is 4.04. The molecule has 0 spiro atoms. The fourth-order valence-corrected chi connectivity index (χ4v) is 2.24. The van der Waals surface area contributed by atoms with Crippen molar-refractivity contribution < 1.29 is 14.4 Å². The van der Waals surface area contributed by atoms with Crippen LogP contribution in [-0.2, 0) is 11.3 Å². The number of nitrogens with zero attached hydrogens (tertiary/aromatic N) is 2. The Morgan fingerprint density at radius 3 is 3.00 bits per heavy atom. The smallest absolute Gasteiger partial charge is 0.304 e. The molecule has 104 valence electrons. The molecule has 0 fully saturated rings. The molecule has 19 heavy (non-hydrogen) atoms. The lowest BCUT2D eigenvalue weighted by Gasteiger charge is -2.12. The van der Waals surface area contributed by atoms with Crippen molar-refractivity contribution in [3.05, 3.63) is 29.3 Å². The van der Waals surface area contributed by atoms with E-state index in [1.54, 1.807) is 11.3 Å². The summed E-state index contributed by atoms with van der Waals surface area (Å²) in [6.45, 7) is 1.08. The van der Waals surface area contributed by atoms with E-state index in [1.807, 2.05) is 35.5 Å². The van der Waals surface area contributed by atoms with Crippen molar-refractivity contribution in [2.24, 2.45) is 0 Å². The van der Waals surface area contributed by atoms with Crippen LogP contribution in [0, 0.1) is 0 Å². The molecule has 0 aromatic carbocycles. The molecule has 0 aliphatic rings. The SMILES string of the molecule is CN(CCC(=O)O)Cc1cc(-c2cccs2)on1.Cl. The number of aliphatic carboxylic acids is 1. The van der Waals surface area contributed by atoms with Gasteiger partial charge in [0.25, 0.3) is 0 Å². The average Bonchev–Trinajstić information content (AvgIpc) is 2.95. The molecule has 1 N–H and O–H groups in total. The Morgan fingerprint density at radius 2 is 2.37 bits per heavy atom. The Balaban J connectivity index is 0.00000180. The summed E-state index contributed by atoms with van der Waals surface area (Å²) >= 11 is 1.60. The Labute approximate surface area is 121 Å². The molecule has 0 atom stereocenters. The lowest BCUT2D eigenvalue weighted by Crippen LogP contribution is -2.21. The van der Waals surface area contributed by atoms with Crippen molar-refractivity contribution in [2.45, 2.75) is 13.0 Å². The van der Waals surface area contributed by atoms with Gasteiger partial charge in [0.1, 0.15) is 0 Å². The third-order valence-corrected chi connectivity index (χ3v) is 3.35. The summed E-state index contributed by atoms with van der Waals surface area (Å²) in [6.07, 6.45) is 0.131. The van der Waals surface area contributed by atoms with Crippen LogP contribution in [0.4, 0.5) is 0 Å². The van der Waals surface area contributed by atoms with Crippen molar-refractivity contribution >= 4 is 29.7 Å². The molecule has 0 aliphatic heterocycles. The zero-order valence-corrected chi connectivity index (χ0v) is 12.0. The first-order valence-corrected chi connectivity index (χ1v) is 6.43. The Morgan fingerprint density at radius 1 is 1.58 bits per heavy atom. The van der Waals surface area contributed by atoms with Gasteiger partial charge >= 0.3 is 5.97 Å². The van der Waals surface area contributed by atoms with E-state index < -0.39 is 5.97 Å².